The normalized spacial score (nSPS) is 11.8. The minimum atomic E-state index is 0.618. The van der Waals surface area contributed by atoms with Crippen molar-refractivity contribution < 1.29 is 4.42 Å². The quantitative estimate of drug-likeness (QED) is 0.192. The van der Waals surface area contributed by atoms with Crippen molar-refractivity contribution in [1.29, 1.82) is 0 Å². The molecule has 0 saturated heterocycles. The third-order valence-corrected chi connectivity index (χ3v) is 10.9. The maximum atomic E-state index is 6.11. The highest BCUT2D eigenvalue weighted by atomic mass is 32.1. The number of aromatic nitrogens is 4. The van der Waals surface area contributed by atoms with Gasteiger partial charge in [-0.1, -0.05) is 91.0 Å². The fraction of sp³-hybridized carbons (Fsp3) is 0. The van der Waals surface area contributed by atoms with Gasteiger partial charge in [0.15, 0.2) is 17.5 Å². The lowest BCUT2D eigenvalue weighted by molar-refractivity contribution is 0.669. The van der Waals surface area contributed by atoms with Gasteiger partial charge in [0.25, 0.3) is 0 Å². The molecule has 6 aromatic carbocycles. The molecule has 220 valence electrons. The van der Waals surface area contributed by atoms with Crippen molar-refractivity contribution in [3.8, 4) is 44.7 Å². The van der Waals surface area contributed by atoms with Crippen LogP contribution in [0.2, 0.25) is 0 Å². The molecule has 0 spiro atoms. The number of thiazole rings is 1. The largest absolute Gasteiger partial charge is 0.456 e. The Morgan fingerprint density at radius 3 is 2.06 bits per heavy atom. The molecule has 0 radical (unpaired) electrons. The highest BCUT2D eigenvalue weighted by Crippen LogP contribution is 2.45. The lowest BCUT2D eigenvalue weighted by Gasteiger charge is -2.10. The van der Waals surface area contributed by atoms with Gasteiger partial charge in [-0.05, 0) is 42.5 Å². The van der Waals surface area contributed by atoms with Crippen molar-refractivity contribution in [2.24, 2.45) is 0 Å². The number of thiophene rings is 1. The van der Waals surface area contributed by atoms with Crippen LogP contribution in [0, 0.1) is 0 Å². The van der Waals surface area contributed by atoms with Gasteiger partial charge in [-0.25, -0.2) is 19.9 Å². The number of nitrogens with zero attached hydrogens (tertiary/aromatic N) is 4. The van der Waals surface area contributed by atoms with E-state index in [1.54, 1.807) is 22.7 Å². The molecule has 0 unspecified atom stereocenters. The molecule has 10 aromatic rings. The topological polar surface area (TPSA) is 64.7 Å². The second-order valence-electron chi connectivity index (χ2n) is 11.4. The number of hydrogen-bond donors (Lipinski definition) is 0. The predicted octanol–water partition coefficient (Wildman–Crippen LogP) is 11.4. The van der Waals surface area contributed by atoms with Crippen LogP contribution in [0.1, 0.15) is 0 Å². The van der Waals surface area contributed by atoms with E-state index in [2.05, 4.69) is 66.7 Å². The van der Waals surface area contributed by atoms with Gasteiger partial charge in [-0.2, -0.15) is 0 Å². The highest BCUT2D eigenvalue weighted by molar-refractivity contribution is 7.27. The van der Waals surface area contributed by atoms with Crippen molar-refractivity contribution in [2.75, 3.05) is 0 Å². The average molecular weight is 639 g/mol. The Hall–Kier alpha value is -5.76. The Morgan fingerprint density at radius 1 is 0.447 bits per heavy atom. The lowest BCUT2D eigenvalue weighted by Crippen LogP contribution is -2.00. The first kappa shape index (κ1) is 26.5. The van der Waals surface area contributed by atoms with E-state index in [1.165, 1.54) is 19.5 Å². The Balaban J connectivity index is 1.20. The number of fused-ring (bicyclic) bond motifs is 7. The van der Waals surface area contributed by atoms with Crippen LogP contribution in [0.5, 0.6) is 0 Å². The monoisotopic (exact) mass is 638 g/mol. The Bertz CT molecular complexity index is 2780. The van der Waals surface area contributed by atoms with E-state index >= 15 is 0 Å². The summed E-state index contributed by atoms with van der Waals surface area (Å²) in [6.45, 7) is 0. The van der Waals surface area contributed by atoms with Crippen molar-refractivity contribution >= 4 is 75.0 Å². The van der Waals surface area contributed by atoms with Crippen LogP contribution < -0.4 is 0 Å². The van der Waals surface area contributed by atoms with Crippen LogP contribution in [0.25, 0.3) is 97.1 Å². The molecule has 4 heterocycles. The smallest absolute Gasteiger partial charge is 0.164 e. The first-order valence-electron chi connectivity index (χ1n) is 15.3. The second-order valence-corrected chi connectivity index (χ2v) is 13.5. The van der Waals surface area contributed by atoms with Crippen LogP contribution in [0.15, 0.2) is 138 Å². The molecule has 4 aromatic heterocycles. The molecule has 5 nitrogen and oxygen atoms in total. The second kappa shape index (κ2) is 10.4. The zero-order valence-electron chi connectivity index (χ0n) is 24.7. The van der Waals surface area contributed by atoms with Crippen molar-refractivity contribution in [3.05, 3.63) is 133 Å². The SMILES string of the molecule is c1ccc(-c2nc(-c3ccc4oc5ccccc5c4c3)nc(-c3cccc4sc5c(-c6nc7ccccc7s6)cccc5c34)n2)cc1. The molecule has 0 fully saturated rings. The number of para-hydroxylation sites is 2. The standard InChI is InChI=1S/C40H22N4OS2/c1-2-10-23(11-3-1)37-42-38(24-20-21-32-29(22-24)25-12-4-6-17-31(25)45-32)44-39(43-37)27-14-9-19-34-35(27)26-13-8-15-28(36(26)46-34)40-41-30-16-5-7-18-33(30)47-40/h1-22H. The molecule has 0 amide bonds. The third kappa shape index (κ3) is 4.28. The van der Waals surface area contributed by atoms with Crippen LogP contribution in [0.3, 0.4) is 0 Å². The zero-order valence-corrected chi connectivity index (χ0v) is 26.3. The lowest BCUT2D eigenvalue weighted by atomic mass is 10.0. The summed E-state index contributed by atoms with van der Waals surface area (Å²) >= 11 is 3.52. The van der Waals surface area contributed by atoms with Crippen molar-refractivity contribution in [2.45, 2.75) is 0 Å². The molecule has 0 aliphatic heterocycles. The molecule has 0 saturated carbocycles. The number of rotatable bonds is 4. The van der Waals surface area contributed by atoms with Gasteiger partial charge in [-0.3, -0.25) is 0 Å². The maximum Gasteiger partial charge on any atom is 0.164 e. The minimum absolute atomic E-state index is 0.618. The molecule has 0 aliphatic carbocycles. The van der Waals surface area contributed by atoms with E-state index in [4.69, 9.17) is 24.4 Å². The summed E-state index contributed by atoms with van der Waals surface area (Å²) in [6, 6.07) is 45.6. The van der Waals surface area contributed by atoms with E-state index in [1.807, 2.05) is 66.7 Å². The van der Waals surface area contributed by atoms with E-state index in [0.717, 1.165) is 60.1 Å². The summed E-state index contributed by atoms with van der Waals surface area (Å²) in [5, 5.41) is 5.45. The molecule has 0 N–H and O–H groups in total. The van der Waals surface area contributed by atoms with E-state index in [0.29, 0.717) is 17.5 Å². The predicted molar refractivity (Wildman–Crippen MR) is 195 cm³/mol. The van der Waals surface area contributed by atoms with Gasteiger partial charge in [0.1, 0.15) is 16.2 Å². The van der Waals surface area contributed by atoms with Gasteiger partial charge in [-0.15, -0.1) is 22.7 Å². The number of hydrogen-bond acceptors (Lipinski definition) is 7. The fourth-order valence-corrected chi connectivity index (χ4v) is 8.70. The summed E-state index contributed by atoms with van der Waals surface area (Å²) < 4.78 is 9.69. The molecule has 10 rings (SSSR count). The van der Waals surface area contributed by atoms with Crippen LogP contribution >= 0.6 is 22.7 Å². The molecular formula is C40H22N4OS2. The van der Waals surface area contributed by atoms with Gasteiger partial charge >= 0.3 is 0 Å². The Morgan fingerprint density at radius 2 is 1.15 bits per heavy atom. The zero-order chi connectivity index (χ0) is 30.9. The van der Waals surface area contributed by atoms with Crippen LogP contribution in [-0.2, 0) is 0 Å². The van der Waals surface area contributed by atoms with Crippen LogP contribution in [0.4, 0.5) is 0 Å². The summed E-state index contributed by atoms with van der Waals surface area (Å²) in [5.41, 5.74) is 6.70. The van der Waals surface area contributed by atoms with Crippen molar-refractivity contribution in [1.82, 2.24) is 19.9 Å². The minimum Gasteiger partial charge on any atom is -0.456 e. The highest BCUT2D eigenvalue weighted by Gasteiger charge is 2.20. The number of furan rings is 1. The van der Waals surface area contributed by atoms with E-state index in [9.17, 15) is 0 Å². The van der Waals surface area contributed by atoms with E-state index < -0.39 is 0 Å². The average Bonchev–Trinajstić information content (AvgIpc) is 3.84. The van der Waals surface area contributed by atoms with Crippen molar-refractivity contribution in [3.63, 3.8) is 0 Å². The Kier molecular flexibility index (Phi) is 5.85. The number of benzene rings is 6. The summed E-state index contributed by atoms with van der Waals surface area (Å²) in [6.07, 6.45) is 0. The van der Waals surface area contributed by atoms with E-state index in [-0.39, 0.29) is 0 Å². The molecule has 7 heteroatoms. The first-order valence-corrected chi connectivity index (χ1v) is 16.9. The van der Waals surface area contributed by atoms with Gasteiger partial charge < -0.3 is 4.42 Å². The summed E-state index contributed by atoms with van der Waals surface area (Å²) in [7, 11) is 0. The molecule has 0 aliphatic rings. The summed E-state index contributed by atoms with van der Waals surface area (Å²) in [5.74, 6) is 1.89. The maximum absolute atomic E-state index is 6.11. The third-order valence-electron chi connectivity index (χ3n) is 8.59. The van der Waals surface area contributed by atoms with Gasteiger partial charge in [0.2, 0.25) is 0 Å². The fourth-order valence-electron chi connectivity index (χ4n) is 6.40. The Labute approximate surface area is 276 Å². The summed E-state index contributed by atoms with van der Waals surface area (Å²) in [4.78, 5) is 20.3. The first-order chi connectivity index (χ1) is 23.3. The molecule has 0 bridgehead atoms. The molecule has 47 heavy (non-hydrogen) atoms. The molecule has 0 atom stereocenters. The van der Waals surface area contributed by atoms with Crippen LogP contribution in [-0.4, -0.2) is 19.9 Å². The molecular weight excluding hydrogens is 617 g/mol. The van der Waals surface area contributed by atoms with Gasteiger partial charge in [0.05, 0.1) is 10.2 Å². The van der Waals surface area contributed by atoms with Gasteiger partial charge in [0, 0.05) is 53.2 Å².